The van der Waals surface area contributed by atoms with Crippen molar-refractivity contribution in [3.05, 3.63) is 33.8 Å². The van der Waals surface area contributed by atoms with Crippen LogP contribution in [0.25, 0.3) is 0 Å². The molecule has 1 atom stereocenters. The summed E-state index contributed by atoms with van der Waals surface area (Å²) < 4.78 is 0. The number of amides is 1. The van der Waals surface area contributed by atoms with Gasteiger partial charge in [0.2, 0.25) is 0 Å². The first-order valence-electron chi connectivity index (χ1n) is 5.50. The van der Waals surface area contributed by atoms with Crippen molar-refractivity contribution in [1.29, 1.82) is 0 Å². The van der Waals surface area contributed by atoms with Gasteiger partial charge in [-0.2, -0.15) is 0 Å². The fraction of sp³-hybridized carbons (Fsp3) is 0.417. The molecule has 0 aromatic heterocycles. The lowest BCUT2D eigenvalue weighted by Gasteiger charge is -2.23. The van der Waals surface area contributed by atoms with Gasteiger partial charge in [0.15, 0.2) is 0 Å². The molecule has 1 heterocycles. The van der Waals surface area contributed by atoms with E-state index in [1.54, 1.807) is 23.1 Å². The maximum absolute atomic E-state index is 12.2. The molecule has 1 amide bonds. The highest BCUT2D eigenvalue weighted by Gasteiger charge is 2.28. The number of rotatable bonds is 2. The van der Waals surface area contributed by atoms with Gasteiger partial charge >= 0.3 is 0 Å². The van der Waals surface area contributed by atoms with E-state index < -0.39 is 0 Å². The van der Waals surface area contributed by atoms with E-state index >= 15 is 0 Å². The molecule has 3 nitrogen and oxygen atoms in total. The van der Waals surface area contributed by atoms with Gasteiger partial charge in [0, 0.05) is 12.1 Å². The lowest BCUT2D eigenvalue weighted by atomic mass is 10.1. The number of aliphatic hydroxyl groups excluding tert-OH is 1. The molecule has 1 aliphatic rings. The minimum atomic E-state index is -0.0971. The quantitative estimate of drug-likeness (QED) is 0.900. The smallest absolute Gasteiger partial charge is 0.254 e. The van der Waals surface area contributed by atoms with Crippen LogP contribution in [0, 0.1) is 0 Å². The first-order valence-corrected chi connectivity index (χ1v) is 6.26. The van der Waals surface area contributed by atoms with Crippen molar-refractivity contribution in [3.63, 3.8) is 0 Å². The molecule has 0 aliphatic carbocycles. The average molecular weight is 274 g/mol. The Morgan fingerprint density at radius 3 is 2.82 bits per heavy atom. The summed E-state index contributed by atoms with van der Waals surface area (Å²) >= 11 is 11.7. The van der Waals surface area contributed by atoms with Gasteiger partial charge in [0.25, 0.3) is 5.91 Å². The van der Waals surface area contributed by atoms with E-state index in [-0.39, 0.29) is 18.6 Å². The molecule has 0 bridgehead atoms. The highest BCUT2D eigenvalue weighted by atomic mass is 35.5. The molecule has 2 rings (SSSR count). The Morgan fingerprint density at radius 1 is 1.41 bits per heavy atom. The Labute approximate surface area is 110 Å². The van der Waals surface area contributed by atoms with Crippen LogP contribution in [-0.4, -0.2) is 35.1 Å². The van der Waals surface area contributed by atoms with Crippen LogP contribution < -0.4 is 0 Å². The Kier molecular flexibility index (Phi) is 3.92. The molecular weight excluding hydrogens is 261 g/mol. The van der Waals surface area contributed by atoms with Crippen LogP contribution in [0.3, 0.4) is 0 Å². The summed E-state index contributed by atoms with van der Waals surface area (Å²) in [5.74, 6) is -0.0971. The highest BCUT2D eigenvalue weighted by molar-refractivity contribution is 6.42. The second-order valence-corrected chi connectivity index (χ2v) is 4.92. The van der Waals surface area contributed by atoms with E-state index in [4.69, 9.17) is 23.2 Å². The van der Waals surface area contributed by atoms with Crippen LogP contribution in [0.15, 0.2) is 18.2 Å². The predicted molar refractivity (Wildman–Crippen MR) is 67.6 cm³/mol. The van der Waals surface area contributed by atoms with Crippen molar-refractivity contribution in [2.45, 2.75) is 18.9 Å². The number of carbonyl (C=O) groups is 1. The maximum Gasteiger partial charge on any atom is 0.254 e. The molecule has 0 unspecified atom stereocenters. The van der Waals surface area contributed by atoms with Crippen LogP contribution in [0.1, 0.15) is 23.2 Å². The van der Waals surface area contributed by atoms with Crippen molar-refractivity contribution < 1.29 is 9.90 Å². The van der Waals surface area contributed by atoms with Crippen LogP contribution in [0.4, 0.5) is 0 Å². The summed E-state index contributed by atoms with van der Waals surface area (Å²) in [6.07, 6.45) is 1.78. The van der Waals surface area contributed by atoms with Crippen molar-refractivity contribution in [1.82, 2.24) is 4.90 Å². The van der Waals surface area contributed by atoms with E-state index in [2.05, 4.69) is 0 Å². The molecule has 0 saturated carbocycles. The number of likely N-dealkylation sites (tertiary alicyclic amines) is 1. The summed E-state index contributed by atoms with van der Waals surface area (Å²) in [6.45, 7) is 0.692. The lowest BCUT2D eigenvalue weighted by Crippen LogP contribution is -2.37. The van der Waals surface area contributed by atoms with E-state index in [1.807, 2.05) is 0 Å². The molecule has 0 radical (unpaired) electrons. The molecular formula is C12H13Cl2NO2. The van der Waals surface area contributed by atoms with Crippen molar-refractivity contribution >= 4 is 29.1 Å². The number of hydrogen-bond donors (Lipinski definition) is 1. The average Bonchev–Trinajstić information content (AvgIpc) is 2.80. The molecule has 1 aliphatic heterocycles. The van der Waals surface area contributed by atoms with Crippen molar-refractivity contribution in [2.75, 3.05) is 13.2 Å². The fourth-order valence-electron chi connectivity index (χ4n) is 2.09. The summed E-state index contributed by atoms with van der Waals surface area (Å²) in [6, 6.07) is 4.76. The topological polar surface area (TPSA) is 40.5 Å². The molecule has 1 aromatic carbocycles. The normalized spacial score (nSPS) is 19.7. The maximum atomic E-state index is 12.2. The lowest BCUT2D eigenvalue weighted by molar-refractivity contribution is 0.0677. The van der Waals surface area contributed by atoms with Gasteiger partial charge in [-0.3, -0.25) is 4.79 Å². The van der Waals surface area contributed by atoms with E-state index in [0.717, 1.165) is 12.8 Å². The van der Waals surface area contributed by atoms with E-state index in [0.29, 0.717) is 22.2 Å². The second-order valence-electron chi connectivity index (χ2n) is 4.11. The van der Waals surface area contributed by atoms with Gasteiger partial charge in [-0.25, -0.2) is 0 Å². The van der Waals surface area contributed by atoms with Gasteiger partial charge in [0.05, 0.1) is 22.7 Å². The van der Waals surface area contributed by atoms with Crippen LogP contribution in [-0.2, 0) is 0 Å². The predicted octanol–water partition coefficient (Wildman–Crippen LogP) is 2.59. The number of halogens is 2. The summed E-state index contributed by atoms with van der Waals surface area (Å²) in [5.41, 5.74) is 0.514. The second kappa shape index (κ2) is 5.25. The Balaban J connectivity index is 2.21. The van der Waals surface area contributed by atoms with Crippen molar-refractivity contribution in [3.8, 4) is 0 Å². The summed E-state index contributed by atoms with van der Waals surface area (Å²) in [5, 5.41) is 10.00. The van der Waals surface area contributed by atoms with Crippen LogP contribution in [0.2, 0.25) is 10.0 Å². The monoisotopic (exact) mass is 273 g/mol. The minimum Gasteiger partial charge on any atom is -0.394 e. The van der Waals surface area contributed by atoms with E-state index in [1.165, 1.54) is 0 Å². The molecule has 1 aromatic rings. The SMILES string of the molecule is O=C(c1ccc(Cl)c(Cl)c1)N1CCC[C@H]1CO. The molecule has 5 heteroatoms. The Hall–Kier alpha value is -0.770. The van der Waals surface area contributed by atoms with Crippen LogP contribution in [0.5, 0.6) is 0 Å². The number of nitrogens with zero attached hydrogens (tertiary/aromatic N) is 1. The van der Waals surface area contributed by atoms with E-state index in [9.17, 15) is 9.90 Å². The van der Waals surface area contributed by atoms with Crippen LogP contribution >= 0.6 is 23.2 Å². The van der Waals surface area contributed by atoms with Crippen molar-refractivity contribution in [2.24, 2.45) is 0 Å². The highest BCUT2D eigenvalue weighted by Crippen LogP contribution is 2.25. The zero-order chi connectivity index (χ0) is 12.4. The number of carbonyl (C=O) groups excluding carboxylic acids is 1. The third kappa shape index (κ3) is 2.57. The summed E-state index contributed by atoms with van der Waals surface area (Å²) in [7, 11) is 0. The molecule has 0 spiro atoms. The molecule has 1 saturated heterocycles. The Morgan fingerprint density at radius 2 is 2.18 bits per heavy atom. The molecule has 92 valence electrons. The van der Waals surface area contributed by atoms with Gasteiger partial charge in [-0.15, -0.1) is 0 Å². The minimum absolute atomic E-state index is 0.00701. The molecule has 1 N–H and O–H groups in total. The number of hydrogen-bond acceptors (Lipinski definition) is 2. The van der Waals surface area contributed by atoms with Gasteiger partial charge in [-0.05, 0) is 31.0 Å². The van der Waals surface area contributed by atoms with Gasteiger partial charge < -0.3 is 10.0 Å². The summed E-state index contributed by atoms with van der Waals surface area (Å²) in [4.78, 5) is 13.9. The largest absolute Gasteiger partial charge is 0.394 e. The third-order valence-electron chi connectivity index (χ3n) is 3.02. The third-order valence-corrected chi connectivity index (χ3v) is 3.75. The first kappa shape index (κ1) is 12.7. The Bertz CT molecular complexity index is 437. The molecule has 1 fully saturated rings. The number of aliphatic hydroxyl groups is 1. The number of benzene rings is 1. The van der Waals surface area contributed by atoms with Gasteiger partial charge in [0.1, 0.15) is 0 Å². The molecule has 17 heavy (non-hydrogen) atoms. The van der Waals surface area contributed by atoms with Gasteiger partial charge in [-0.1, -0.05) is 23.2 Å². The first-order chi connectivity index (χ1) is 8.13. The fourth-order valence-corrected chi connectivity index (χ4v) is 2.39. The standard InChI is InChI=1S/C12H13Cl2NO2/c13-10-4-3-8(6-11(10)14)12(17)15-5-1-2-9(15)7-16/h3-4,6,9,16H,1-2,5,7H2/t9-/m0/s1. The zero-order valence-corrected chi connectivity index (χ0v) is 10.7. The zero-order valence-electron chi connectivity index (χ0n) is 9.20.